The standard InChI is InChI=1S/C24H34N2O8S6.C12H16BrNO4S2.C12H17NO4S3.C3H4N2OS/c1-7-25(23(27)33-5)17-9-13(3)39(29,30)21-15(17)11-19(35-21)37-38-20-12-16-18(26(8-2)24(28)34-6)10-14(4)40(31,32)22(16)36-20;1-4-14(12(15)18-3)9-5-7(2)20(16,17)11-8(9)6-10(13)19-11;1-4-13(12(14)17-3)9-5-7(2)20(15,16)11-8(9)6-10(18)19-11;1-2-4-5-3(7)6-2/h11-14,17-18,23,27H,7-10H2,1-6H3;6-7,9H,4-5H2,1-3H3;6-7,9,18H,4-5H2,1-3H3;1H3,(H,5,7)/t13-,14-,17-,18-,23?;2*7-,9-;/m000./s1. The number of carbonyl (C=O) groups excluding carboxylic acids is 3. The lowest BCUT2D eigenvalue weighted by atomic mass is 10.0. The minimum atomic E-state index is -3.54. The number of aliphatic hydroxyl groups excluding tert-OH is 1. The van der Waals surface area contributed by atoms with Crippen LogP contribution in [0.15, 0.2) is 61.9 Å². The van der Waals surface area contributed by atoms with Crippen LogP contribution < -0.4 is 0 Å². The SMILES string of the molecule is CCN(C(=O)OC)[C@H]1C[C@H](C)S(=O)(=O)c2sc(Br)cc21.CCN(C(=O)OC)[C@H]1C[C@H](C)S(=O)(=O)c2sc(S)cc21.CCN(C(=O)OC)[C@H]1C[C@H](C)S(=O)(=O)c2sc(SSc3cc4c(s3)S(=O)(=O)[C@@H](C)C[C@@H]4N(CC)C(O)OC)cc21.Cc1n[nH]c(=S)o1. The lowest BCUT2D eigenvalue weighted by molar-refractivity contribution is -0.191. The van der Waals surface area contributed by atoms with Gasteiger partial charge in [0.25, 0.3) is 4.84 Å². The average Bonchev–Trinajstić information content (AvgIpc) is 1.81. The van der Waals surface area contributed by atoms with Crippen molar-refractivity contribution in [2.24, 2.45) is 0 Å². The van der Waals surface area contributed by atoms with Crippen LogP contribution in [0.3, 0.4) is 0 Å². The van der Waals surface area contributed by atoms with Crippen molar-refractivity contribution >= 4 is 165 Å². The lowest BCUT2D eigenvalue weighted by Gasteiger charge is -2.37. The van der Waals surface area contributed by atoms with E-state index in [9.17, 15) is 53.2 Å². The number of nitrogens with zero attached hydrogens (tertiary/aromatic N) is 5. The number of methoxy groups -OCH3 is 4. The Morgan fingerprint density at radius 1 is 0.632 bits per heavy atom. The third-order valence-electron chi connectivity index (χ3n) is 15.0. The monoisotopic (exact) mass is 1500 g/mol. The van der Waals surface area contributed by atoms with Crippen LogP contribution in [-0.4, -0.2) is 169 Å². The second-order valence-corrected chi connectivity index (χ2v) is 39.8. The summed E-state index contributed by atoms with van der Waals surface area (Å²) >= 11 is 16.8. The van der Waals surface area contributed by atoms with Gasteiger partial charge in [-0.3, -0.25) is 0 Å². The molecule has 5 aromatic rings. The summed E-state index contributed by atoms with van der Waals surface area (Å²) < 4.78 is 131. The van der Waals surface area contributed by atoms with E-state index in [1.807, 2.05) is 39.8 Å². The molecule has 9 atom stereocenters. The Hall–Kier alpha value is -2.82. The number of aromatic nitrogens is 2. The Labute approximate surface area is 551 Å². The first-order valence-corrected chi connectivity index (χ1v) is 40.2. The van der Waals surface area contributed by atoms with E-state index in [0.717, 1.165) is 23.5 Å². The van der Waals surface area contributed by atoms with Crippen molar-refractivity contribution in [3.05, 3.63) is 61.0 Å². The van der Waals surface area contributed by atoms with Gasteiger partial charge in [-0.1, -0.05) is 6.92 Å². The summed E-state index contributed by atoms with van der Waals surface area (Å²) in [5.41, 5.74) is 2.58. The molecule has 0 aliphatic carbocycles. The van der Waals surface area contributed by atoms with Gasteiger partial charge in [0.2, 0.25) is 12.3 Å². The highest BCUT2D eigenvalue weighted by Crippen LogP contribution is 2.54. The lowest BCUT2D eigenvalue weighted by Crippen LogP contribution is -2.43. The number of fused-ring (bicyclic) bond motifs is 4. The normalized spacial score (nSPS) is 23.6. The Bertz CT molecular complexity index is 3680. The van der Waals surface area contributed by atoms with E-state index in [-0.39, 0.29) is 28.8 Å². The number of rotatable bonds is 13. The van der Waals surface area contributed by atoms with Crippen LogP contribution in [0.1, 0.15) is 133 Å². The molecule has 5 aromatic heterocycles. The molecule has 0 saturated carbocycles. The maximum absolute atomic E-state index is 13.2. The van der Waals surface area contributed by atoms with E-state index in [1.165, 1.54) is 84.0 Å². The van der Waals surface area contributed by atoms with Crippen molar-refractivity contribution in [2.45, 2.75) is 169 Å². The van der Waals surface area contributed by atoms with E-state index < -0.39 is 91.1 Å². The number of thiophene rings is 4. The van der Waals surface area contributed by atoms with Crippen LogP contribution in [-0.2, 0) is 58.3 Å². The smallest absolute Gasteiger partial charge is 0.409 e. The number of hydrogen-bond acceptors (Lipinski definition) is 27. The van der Waals surface area contributed by atoms with Crippen molar-refractivity contribution in [1.82, 2.24) is 29.8 Å². The van der Waals surface area contributed by atoms with Gasteiger partial charge in [-0.25, -0.2) is 58.1 Å². The molecular formula is C51H71BrN6O17S12. The number of ether oxygens (including phenoxy) is 4. The highest BCUT2D eigenvalue weighted by Gasteiger charge is 2.46. The van der Waals surface area contributed by atoms with Gasteiger partial charge in [-0.2, -0.15) is 0 Å². The van der Waals surface area contributed by atoms with E-state index in [4.69, 9.17) is 23.4 Å². The molecule has 3 amide bonds. The molecule has 1 unspecified atom stereocenters. The van der Waals surface area contributed by atoms with Crippen molar-refractivity contribution in [3.8, 4) is 0 Å². The summed E-state index contributed by atoms with van der Waals surface area (Å²) in [6.07, 6.45) is -1.16. The van der Waals surface area contributed by atoms with Gasteiger partial charge in [-0.15, -0.1) is 63.1 Å². The van der Waals surface area contributed by atoms with E-state index in [1.54, 1.807) is 66.4 Å². The Balaban J connectivity index is 0.000000214. The quantitative estimate of drug-likeness (QED) is 0.0324. The maximum Gasteiger partial charge on any atom is 0.409 e. The number of halogens is 1. The van der Waals surface area contributed by atoms with Gasteiger partial charge >= 0.3 is 18.3 Å². The molecule has 87 heavy (non-hydrogen) atoms. The highest BCUT2D eigenvalue weighted by atomic mass is 79.9. The summed E-state index contributed by atoms with van der Waals surface area (Å²) in [4.78, 5) is 42.9. The zero-order valence-electron chi connectivity index (χ0n) is 49.7. The predicted octanol–water partition coefficient (Wildman–Crippen LogP) is 12.1. The van der Waals surface area contributed by atoms with Crippen LogP contribution >= 0.6 is 108 Å². The molecule has 0 fully saturated rings. The largest absolute Gasteiger partial charge is 0.453 e. The van der Waals surface area contributed by atoms with Crippen molar-refractivity contribution < 1.29 is 76.5 Å². The van der Waals surface area contributed by atoms with Crippen LogP contribution in [0.2, 0.25) is 0 Å². The Morgan fingerprint density at radius 3 is 1.30 bits per heavy atom. The van der Waals surface area contributed by atoms with Crippen LogP contribution in [0.4, 0.5) is 14.4 Å². The number of carbonyl (C=O) groups is 3. The molecule has 0 saturated heterocycles. The number of hydrogen-bond donors (Lipinski definition) is 3. The molecule has 486 valence electrons. The molecule has 2 N–H and O–H groups in total. The van der Waals surface area contributed by atoms with Gasteiger partial charge in [0, 0.05) is 68.5 Å². The van der Waals surface area contributed by atoms with Crippen molar-refractivity contribution in [1.29, 1.82) is 0 Å². The van der Waals surface area contributed by atoms with E-state index in [0.29, 0.717) is 95.3 Å². The summed E-state index contributed by atoms with van der Waals surface area (Å²) in [5.74, 6) is 0.574. The fourth-order valence-electron chi connectivity index (χ4n) is 10.4. The number of nitrogens with one attached hydrogen (secondary N) is 1. The number of aliphatic hydroxyl groups is 1. The van der Waals surface area contributed by atoms with Gasteiger partial charge < -0.3 is 43.2 Å². The molecular weight excluding hydrogens is 1430 g/mol. The zero-order chi connectivity index (χ0) is 65.0. The molecule has 9 heterocycles. The summed E-state index contributed by atoms with van der Waals surface area (Å²) in [5, 5.41) is 14.2. The van der Waals surface area contributed by atoms with Gasteiger partial charge in [-0.05, 0) is 148 Å². The summed E-state index contributed by atoms with van der Waals surface area (Å²) in [6, 6.07) is 5.91. The topological polar surface area (TPSA) is 300 Å². The minimum absolute atomic E-state index is 0.260. The molecule has 9 rings (SSSR count). The summed E-state index contributed by atoms with van der Waals surface area (Å²) in [6.45, 7) is 17.6. The first-order valence-electron chi connectivity index (χ1n) is 27.0. The molecule has 0 bridgehead atoms. The van der Waals surface area contributed by atoms with Crippen LogP contribution in [0, 0.1) is 11.8 Å². The second-order valence-electron chi connectivity index (χ2n) is 20.1. The van der Waals surface area contributed by atoms with Crippen LogP contribution in [0.25, 0.3) is 0 Å². The Morgan fingerprint density at radius 2 is 0.977 bits per heavy atom. The first kappa shape index (κ1) is 73.2. The first-order chi connectivity index (χ1) is 40.7. The molecule has 36 heteroatoms. The highest BCUT2D eigenvalue weighted by molar-refractivity contribution is 9.11. The maximum atomic E-state index is 13.2. The molecule has 23 nitrogen and oxygen atoms in total. The Kier molecular flexibility index (Phi) is 25.5. The number of H-pyrrole nitrogens is 1. The molecule has 0 radical (unpaired) electrons. The number of aryl methyl sites for hydroxylation is 1. The van der Waals surface area contributed by atoms with Gasteiger partial charge in [0.15, 0.2) is 39.3 Å². The third kappa shape index (κ3) is 15.6. The molecule has 0 aromatic carbocycles. The van der Waals surface area contributed by atoms with Crippen LogP contribution in [0.5, 0.6) is 0 Å². The third-order valence-corrected chi connectivity index (χ3v) is 34.7. The fraction of sp³-hybridized carbons (Fsp3) is 0.588. The van der Waals surface area contributed by atoms with Gasteiger partial charge in [0.05, 0.1) is 76.9 Å². The van der Waals surface area contributed by atoms with E-state index in [2.05, 4.69) is 51.0 Å². The number of sulfone groups is 4. The zero-order valence-corrected chi connectivity index (χ0v) is 61.2. The molecule has 0 spiro atoms. The minimum Gasteiger partial charge on any atom is -0.453 e. The van der Waals surface area contributed by atoms with Gasteiger partial charge in [0.1, 0.15) is 16.8 Å². The summed E-state index contributed by atoms with van der Waals surface area (Å²) in [7, 11) is -5.59. The average molecular weight is 1500 g/mol. The van der Waals surface area contributed by atoms with Crippen molar-refractivity contribution in [2.75, 3.05) is 54.6 Å². The second kappa shape index (κ2) is 30.3. The molecule has 4 aliphatic heterocycles. The van der Waals surface area contributed by atoms with E-state index >= 15 is 0 Å². The fourth-order valence-corrected chi connectivity index (χ4v) is 28.8. The van der Waals surface area contributed by atoms with Crippen molar-refractivity contribution in [3.63, 3.8) is 0 Å². The predicted molar refractivity (Wildman–Crippen MR) is 346 cm³/mol. The number of amides is 3. The number of aromatic amines is 1. The number of thiol groups is 1. The molecule has 4 aliphatic rings.